The predicted molar refractivity (Wildman–Crippen MR) is 102 cm³/mol. The molecule has 1 aliphatic heterocycles. The maximum Gasteiger partial charge on any atom is 0.251 e. The first-order chi connectivity index (χ1) is 12.2. The van der Waals surface area contributed by atoms with E-state index in [0.717, 1.165) is 17.0 Å². The Morgan fingerprint density at radius 2 is 2.04 bits per heavy atom. The summed E-state index contributed by atoms with van der Waals surface area (Å²) in [6, 6.07) is 1.35. The molecule has 0 bridgehead atoms. The molecular weight excluding hydrogens is 352 g/mol. The highest BCUT2D eigenvalue weighted by Crippen LogP contribution is 2.27. The van der Waals surface area contributed by atoms with Gasteiger partial charge in [0.2, 0.25) is 0 Å². The number of hydrogen-bond acceptors (Lipinski definition) is 5. The van der Waals surface area contributed by atoms with Crippen LogP contribution >= 0.6 is 0 Å². The Kier molecular flexibility index (Phi) is 4.88. The van der Waals surface area contributed by atoms with Gasteiger partial charge in [-0.1, -0.05) is 13.8 Å². The average Bonchev–Trinajstić information content (AvgIpc) is 3.04. The van der Waals surface area contributed by atoms with Crippen LogP contribution in [0.5, 0.6) is 0 Å². The molecule has 2 aromatic rings. The van der Waals surface area contributed by atoms with Crippen molar-refractivity contribution in [2.75, 3.05) is 11.5 Å². The van der Waals surface area contributed by atoms with Crippen LogP contribution in [-0.4, -0.2) is 39.7 Å². The second-order valence-electron chi connectivity index (χ2n) is 7.13. The van der Waals surface area contributed by atoms with Gasteiger partial charge in [0, 0.05) is 23.2 Å². The first-order valence-electron chi connectivity index (χ1n) is 8.72. The topological polar surface area (TPSA) is 97.7 Å². The first kappa shape index (κ1) is 18.6. The fourth-order valence-corrected chi connectivity index (χ4v) is 4.96. The van der Waals surface area contributed by atoms with Gasteiger partial charge >= 0.3 is 0 Å². The number of nitrogens with one attached hydrogen (secondary N) is 1. The number of aromatic nitrogens is 4. The van der Waals surface area contributed by atoms with Crippen LogP contribution in [0.1, 0.15) is 60.7 Å². The molecular formula is C18H24N4O3S. The van der Waals surface area contributed by atoms with Crippen molar-refractivity contribution >= 4 is 22.0 Å². The molecule has 0 spiro atoms. The fraction of sp³-hybridized carbons (Fsp3) is 0.500. The molecule has 0 amide bonds. The Morgan fingerprint density at radius 1 is 1.31 bits per heavy atom. The molecule has 8 heteroatoms. The summed E-state index contributed by atoms with van der Waals surface area (Å²) in [4.78, 5) is 19.0. The molecule has 2 aromatic heterocycles. The SMILES string of the molecule is Cc1nn([C@@H]2CCS(=O)(=O)C2)c(C)c1/C=C/c1cc(=O)[nH]c(C(C)C)n1. The minimum atomic E-state index is -2.96. The molecule has 0 aromatic carbocycles. The lowest BCUT2D eigenvalue weighted by Crippen LogP contribution is -2.14. The summed E-state index contributed by atoms with van der Waals surface area (Å²) in [5.74, 6) is 1.14. The van der Waals surface area contributed by atoms with E-state index in [-0.39, 0.29) is 29.0 Å². The van der Waals surface area contributed by atoms with Crippen LogP contribution in [0.3, 0.4) is 0 Å². The molecule has 3 heterocycles. The summed E-state index contributed by atoms with van der Waals surface area (Å²) >= 11 is 0. The summed E-state index contributed by atoms with van der Waals surface area (Å²) in [6.07, 6.45) is 4.29. The summed E-state index contributed by atoms with van der Waals surface area (Å²) in [5, 5.41) is 4.55. The van der Waals surface area contributed by atoms with Crippen molar-refractivity contribution in [2.45, 2.75) is 46.1 Å². The van der Waals surface area contributed by atoms with E-state index in [2.05, 4.69) is 15.1 Å². The van der Waals surface area contributed by atoms with Gasteiger partial charge in [-0.15, -0.1) is 0 Å². The minimum Gasteiger partial charge on any atom is -0.310 e. The van der Waals surface area contributed by atoms with Crippen molar-refractivity contribution in [3.63, 3.8) is 0 Å². The van der Waals surface area contributed by atoms with Crippen LogP contribution in [0.15, 0.2) is 10.9 Å². The van der Waals surface area contributed by atoms with E-state index >= 15 is 0 Å². The number of H-pyrrole nitrogens is 1. The summed E-state index contributed by atoms with van der Waals surface area (Å²) < 4.78 is 25.3. The molecule has 0 aliphatic carbocycles. The minimum absolute atomic E-state index is 0.105. The van der Waals surface area contributed by atoms with E-state index in [4.69, 9.17) is 0 Å². The molecule has 140 valence electrons. The van der Waals surface area contributed by atoms with Gasteiger partial charge in [0.15, 0.2) is 9.84 Å². The Hall–Kier alpha value is -2.22. The largest absolute Gasteiger partial charge is 0.310 e. The van der Waals surface area contributed by atoms with Gasteiger partial charge in [-0.3, -0.25) is 9.48 Å². The van der Waals surface area contributed by atoms with Gasteiger partial charge in [-0.05, 0) is 32.4 Å². The Balaban J connectivity index is 1.92. The smallest absolute Gasteiger partial charge is 0.251 e. The highest BCUT2D eigenvalue weighted by Gasteiger charge is 2.31. The van der Waals surface area contributed by atoms with E-state index in [1.54, 1.807) is 6.08 Å². The second kappa shape index (κ2) is 6.83. The third-order valence-corrected chi connectivity index (χ3v) is 6.43. The lowest BCUT2D eigenvalue weighted by atomic mass is 10.1. The quantitative estimate of drug-likeness (QED) is 0.882. The van der Waals surface area contributed by atoms with Crippen molar-refractivity contribution in [3.05, 3.63) is 44.9 Å². The van der Waals surface area contributed by atoms with Crippen LogP contribution < -0.4 is 5.56 Å². The number of nitrogens with zero attached hydrogens (tertiary/aromatic N) is 3. The van der Waals surface area contributed by atoms with Gasteiger partial charge in [0.25, 0.3) is 5.56 Å². The van der Waals surface area contributed by atoms with Crippen molar-refractivity contribution in [1.29, 1.82) is 0 Å². The van der Waals surface area contributed by atoms with Gasteiger partial charge in [-0.2, -0.15) is 5.10 Å². The normalized spacial score (nSPS) is 19.7. The van der Waals surface area contributed by atoms with Gasteiger partial charge in [-0.25, -0.2) is 13.4 Å². The lowest BCUT2D eigenvalue weighted by Gasteiger charge is -2.10. The van der Waals surface area contributed by atoms with Crippen molar-refractivity contribution < 1.29 is 8.42 Å². The van der Waals surface area contributed by atoms with E-state index in [1.165, 1.54) is 6.07 Å². The zero-order valence-electron chi connectivity index (χ0n) is 15.5. The molecule has 1 aliphatic rings. The lowest BCUT2D eigenvalue weighted by molar-refractivity contribution is 0.486. The maximum atomic E-state index is 11.8. The van der Waals surface area contributed by atoms with Crippen molar-refractivity contribution in [1.82, 2.24) is 19.7 Å². The van der Waals surface area contributed by atoms with Crippen molar-refractivity contribution in [3.8, 4) is 0 Å². The molecule has 1 N–H and O–H groups in total. The second-order valence-corrected chi connectivity index (χ2v) is 9.36. The van der Waals surface area contributed by atoms with Gasteiger partial charge < -0.3 is 4.98 Å². The number of aryl methyl sites for hydroxylation is 1. The Morgan fingerprint density at radius 3 is 2.65 bits per heavy atom. The number of rotatable bonds is 4. The fourth-order valence-electron chi connectivity index (χ4n) is 3.26. The Bertz CT molecular complexity index is 1020. The Labute approximate surface area is 153 Å². The molecule has 0 radical (unpaired) electrons. The van der Waals surface area contributed by atoms with E-state index in [9.17, 15) is 13.2 Å². The van der Waals surface area contributed by atoms with Gasteiger partial charge in [0.1, 0.15) is 5.82 Å². The maximum absolute atomic E-state index is 11.8. The molecule has 1 fully saturated rings. The van der Waals surface area contributed by atoms with Crippen molar-refractivity contribution in [2.24, 2.45) is 0 Å². The third kappa shape index (κ3) is 3.80. The van der Waals surface area contributed by atoms with E-state index in [1.807, 2.05) is 38.5 Å². The summed E-state index contributed by atoms with van der Waals surface area (Å²) in [7, 11) is -2.96. The highest BCUT2D eigenvalue weighted by atomic mass is 32.2. The predicted octanol–water partition coefficient (Wildman–Crippen LogP) is 2.24. The summed E-state index contributed by atoms with van der Waals surface area (Å²) in [6.45, 7) is 7.78. The molecule has 0 saturated carbocycles. The van der Waals surface area contributed by atoms with Gasteiger partial charge in [0.05, 0.1) is 28.9 Å². The van der Waals surface area contributed by atoms with Crippen LogP contribution in [0.2, 0.25) is 0 Å². The average molecular weight is 376 g/mol. The first-order valence-corrected chi connectivity index (χ1v) is 10.5. The monoisotopic (exact) mass is 376 g/mol. The van der Waals surface area contributed by atoms with Crippen LogP contribution in [-0.2, 0) is 9.84 Å². The zero-order valence-corrected chi connectivity index (χ0v) is 16.3. The summed E-state index contributed by atoms with van der Waals surface area (Å²) in [5.41, 5.74) is 3.10. The van der Waals surface area contributed by atoms with E-state index < -0.39 is 9.84 Å². The number of hydrogen-bond donors (Lipinski definition) is 1. The van der Waals surface area contributed by atoms with Crippen LogP contribution in [0.4, 0.5) is 0 Å². The third-order valence-electron chi connectivity index (χ3n) is 4.68. The molecule has 1 atom stereocenters. The zero-order chi connectivity index (χ0) is 19.1. The highest BCUT2D eigenvalue weighted by molar-refractivity contribution is 7.91. The van der Waals surface area contributed by atoms with Crippen LogP contribution in [0.25, 0.3) is 12.2 Å². The molecule has 7 nitrogen and oxygen atoms in total. The molecule has 26 heavy (non-hydrogen) atoms. The van der Waals surface area contributed by atoms with E-state index in [0.29, 0.717) is 17.9 Å². The molecule has 3 rings (SSSR count). The number of sulfone groups is 1. The van der Waals surface area contributed by atoms with Crippen LogP contribution in [0, 0.1) is 13.8 Å². The number of aromatic amines is 1. The molecule has 1 saturated heterocycles. The molecule has 0 unspecified atom stereocenters. The standard InChI is InChI=1S/C18H24N4O3S/c1-11(2)18-19-14(9-17(23)20-18)5-6-16-12(3)21-22(13(16)4)15-7-8-26(24,25)10-15/h5-6,9,11,15H,7-8,10H2,1-4H3,(H,19,20,23)/b6-5+/t15-/m1/s1.